The van der Waals surface area contributed by atoms with E-state index < -0.39 is 20.9 Å². The van der Waals surface area contributed by atoms with Gasteiger partial charge >= 0.3 is 0 Å². The molecule has 0 aliphatic heterocycles. The van der Waals surface area contributed by atoms with Gasteiger partial charge in [-0.25, -0.2) is 13.4 Å². The first-order valence-electron chi connectivity index (χ1n) is 11.6. The Hall–Kier alpha value is -5.04. The van der Waals surface area contributed by atoms with Crippen LogP contribution in [-0.4, -0.2) is 34.3 Å². The summed E-state index contributed by atoms with van der Waals surface area (Å²) in [7, 11) is -4.02. The number of nitro groups is 1. The number of aromatic nitrogens is 2. The highest BCUT2D eigenvalue weighted by Gasteiger charge is 2.17. The second-order valence-electron chi connectivity index (χ2n) is 8.62. The first kappa shape index (κ1) is 27.0. The normalized spacial score (nSPS) is 11.9. The Bertz CT molecular complexity index is 1630. The van der Waals surface area contributed by atoms with Crippen molar-refractivity contribution in [2.24, 2.45) is 5.73 Å². The summed E-state index contributed by atoms with van der Waals surface area (Å²) >= 11 is 0. The van der Waals surface area contributed by atoms with E-state index in [-0.39, 0.29) is 39.7 Å². The van der Waals surface area contributed by atoms with Gasteiger partial charge < -0.3 is 16.2 Å². The van der Waals surface area contributed by atoms with Crippen molar-refractivity contribution < 1.29 is 23.2 Å². The van der Waals surface area contributed by atoms with Crippen molar-refractivity contribution >= 4 is 33.4 Å². The van der Waals surface area contributed by atoms with Gasteiger partial charge in [0.05, 0.1) is 21.4 Å². The number of hydrogen-bond donors (Lipinski definition) is 4. The number of carbonyl (C=O) groups excluding carboxylic acids is 1. The fraction of sp³-hybridized carbons (Fsp3) is 0.115. The van der Waals surface area contributed by atoms with Gasteiger partial charge in [0.1, 0.15) is 11.6 Å². The number of benzene rings is 3. The molecule has 3 aromatic carbocycles. The van der Waals surface area contributed by atoms with E-state index >= 15 is 0 Å². The summed E-state index contributed by atoms with van der Waals surface area (Å²) in [6.45, 7) is 1.90. The molecular weight excluding hydrogens is 524 g/mol. The van der Waals surface area contributed by atoms with Crippen molar-refractivity contribution in [3.63, 3.8) is 0 Å². The number of rotatable bonds is 10. The molecule has 1 amide bonds. The Balaban J connectivity index is 1.40. The summed E-state index contributed by atoms with van der Waals surface area (Å²) in [5.41, 5.74) is 7.80. The van der Waals surface area contributed by atoms with Gasteiger partial charge in [-0.15, -0.1) is 0 Å². The van der Waals surface area contributed by atoms with Crippen molar-refractivity contribution in [2.45, 2.75) is 24.3 Å². The number of aromatic hydroxyl groups is 1. The minimum Gasteiger partial charge on any atom is -0.507 e. The number of anilines is 2. The highest BCUT2D eigenvalue weighted by Crippen LogP contribution is 2.23. The van der Waals surface area contributed by atoms with E-state index in [1.165, 1.54) is 24.4 Å². The summed E-state index contributed by atoms with van der Waals surface area (Å²) < 4.78 is 27.7. The number of nitrogens with one attached hydrogen (secondary N) is 2. The molecule has 5 N–H and O–H groups in total. The van der Waals surface area contributed by atoms with Crippen molar-refractivity contribution in [3.05, 3.63) is 111 Å². The molecule has 0 aliphatic carbocycles. The predicted octanol–water partition coefficient (Wildman–Crippen LogP) is 3.75. The molecular formula is C26H24N6O6S. The van der Waals surface area contributed by atoms with E-state index in [4.69, 9.17) is 5.73 Å². The summed E-state index contributed by atoms with van der Waals surface area (Å²) in [5, 5.41) is 23.9. The number of nitrogens with two attached hydrogens (primary N) is 1. The molecule has 0 saturated heterocycles. The topological polar surface area (TPSA) is 190 Å². The number of non-ortho nitro benzene ring substituents is 1. The lowest BCUT2D eigenvalue weighted by Gasteiger charge is -2.15. The van der Waals surface area contributed by atoms with Gasteiger partial charge in [0, 0.05) is 18.3 Å². The third-order valence-electron chi connectivity index (χ3n) is 5.81. The highest BCUT2D eigenvalue weighted by atomic mass is 32.2. The molecule has 13 heteroatoms. The van der Waals surface area contributed by atoms with Crippen LogP contribution in [0.3, 0.4) is 0 Å². The number of nitro benzene ring substituents is 1. The van der Waals surface area contributed by atoms with E-state index in [1.54, 1.807) is 6.07 Å². The van der Waals surface area contributed by atoms with Crippen molar-refractivity contribution in [2.75, 3.05) is 10.0 Å². The summed E-state index contributed by atoms with van der Waals surface area (Å²) in [6, 6.07) is 18.1. The van der Waals surface area contributed by atoms with E-state index in [9.17, 15) is 28.4 Å². The van der Waals surface area contributed by atoms with Crippen molar-refractivity contribution in [3.8, 4) is 5.75 Å². The van der Waals surface area contributed by atoms with Crippen LogP contribution in [-0.2, 0) is 16.4 Å². The number of phenols is 1. The minimum absolute atomic E-state index is 0.0269. The van der Waals surface area contributed by atoms with E-state index in [1.807, 2.05) is 31.2 Å². The SMILES string of the molecule is C[C@H](Nc1nccc(NS(=O)(=O)c2ccc([N+](=O)[O-])cc2)n1)c1ccc(Cc2ccc(C(N)=O)c(O)c2)cc1. The summed E-state index contributed by atoms with van der Waals surface area (Å²) in [6.07, 6.45) is 1.94. The number of nitrogens with zero attached hydrogens (tertiary/aromatic N) is 3. The van der Waals surface area contributed by atoms with Crippen LogP contribution in [0.5, 0.6) is 5.75 Å². The van der Waals surface area contributed by atoms with Crippen LogP contribution in [0.15, 0.2) is 83.9 Å². The predicted molar refractivity (Wildman–Crippen MR) is 144 cm³/mol. The van der Waals surface area contributed by atoms with Gasteiger partial charge in [0.2, 0.25) is 5.95 Å². The zero-order valence-electron chi connectivity index (χ0n) is 20.6. The quantitative estimate of drug-likeness (QED) is 0.169. The average Bonchev–Trinajstić information content (AvgIpc) is 2.89. The molecule has 12 nitrogen and oxygen atoms in total. The molecule has 0 saturated carbocycles. The number of carbonyl (C=O) groups is 1. The van der Waals surface area contributed by atoms with Crippen molar-refractivity contribution in [1.82, 2.24) is 9.97 Å². The number of amides is 1. The smallest absolute Gasteiger partial charge is 0.269 e. The highest BCUT2D eigenvalue weighted by molar-refractivity contribution is 7.92. The van der Waals surface area contributed by atoms with Crippen LogP contribution in [0.2, 0.25) is 0 Å². The molecule has 4 aromatic rings. The Morgan fingerprint density at radius 2 is 1.72 bits per heavy atom. The Morgan fingerprint density at radius 1 is 1.05 bits per heavy atom. The van der Waals surface area contributed by atoms with E-state index in [0.717, 1.165) is 41.0 Å². The van der Waals surface area contributed by atoms with Crippen LogP contribution < -0.4 is 15.8 Å². The molecule has 0 spiro atoms. The van der Waals surface area contributed by atoms with Crippen molar-refractivity contribution in [1.29, 1.82) is 0 Å². The first-order valence-corrected chi connectivity index (χ1v) is 13.1. The second-order valence-corrected chi connectivity index (χ2v) is 10.3. The maximum Gasteiger partial charge on any atom is 0.269 e. The van der Waals surface area contributed by atoms with Gasteiger partial charge in [0.15, 0.2) is 0 Å². The molecule has 1 heterocycles. The third kappa shape index (κ3) is 6.64. The first-order chi connectivity index (χ1) is 18.5. The van der Waals surface area contributed by atoms with Gasteiger partial charge in [0.25, 0.3) is 21.6 Å². The van der Waals surface area contributed by atoms with Crippen LogP contribution in [0.4, 0.5) is 17.5 Å². The molecule has 1 atom stereocenters. The maximum absolute atomic E-state index is 12.7. The molecule has 0 bridgehead atoms. The number of sulfonamides is 1. The summed E-state index contributed by atoms with van der Waals surface area (Å²) in [4.78, 5) is 29.7. The average molecular weight is 549 g/mol. The van der Waals surface area contributed by atoms with Crippen LogP contribution in [0, 0.1) is 10.1 Å². The fourth-order valence-electron chi connectivity index (χ4n) is 3.76. The molecule has 0 unspecified atom stereocenters. The van der Waals surface area contributed by atoms with Crippen LogP contribution in [0.1, 0.15) is 40.0 Å². The minimum atomic E-state index is -4.02. The molecule has 1 aromatic heterocycles. The van der Waals surface area contributed by atoms with E-state index in [2.05, 4.69) is 20.0 Å². The molecule has 0 radical (unpaired) electrons. The lowest BCUT2D eigenvalue weighted by Crippen LogP contribution is -2.15. The Labute approximate surface area is 223 Å². The Kier molecular flexibility index (Phi) is 7.72. The van der Waals surface area contributed by atoms with Gasteiger partial charge in [-0.05, 0) is 60.4 Å². The standard InChI is InChI=1S/C26H24N6O6S/c1-16(19-5-2-17(3-6-19)14-18-4-11-22(25(27)34)23(33)15-18)29-26-28-13-12-24(30-26)31-39(37,38)21-9-7-20(8-10-21)32(35)36/h2-13,15-16,33H,14H2,1H3,(H2,27,34)(H2,28,29,30,31)/t16-/m0/s1. The van der Waals surface area contributed by atoms with E-state index in [0.29, 0.717) is 6.42 Å². The van der Waals surface area contributed by atoms with Gasteiger partial charge in [-0.1, -0.05) is 30.3 Å². The third-order valence-corrected chi connectivity index (χ3v) is 7.18. The Morgan fingerprint density at radius 3 is 2.33 bits per heavy atom. The zero-order chi connectivity index (χ0) is 28.2. The van der Waals surface area contributed by atoms with Crippen LogP contribution >= 0.6 is 0 Å². The zero-order valence-corrected chi connectivity index (χ0v) is 21.4. The number of hydrogen-bond acceptors (Lipinski definition) is 9. The lowest BCUT2D eigenvalue weighted by atomic mass is 10.00. The van der Waals surface area contributed by atoms with Gasteiger partial charge in [-0.2, -0.15) is 4.98 Å². The molecule has 200 valence electrons. The number of primary amides is 1. The molecule has 0 fully saturated rings. The monoisotopic (exact) mass is 548 g/mol. The summed E-state index contributed by atoms with van der Waals surface area (Å²) in [5.74, 6) is -0.632. The van der Waals surface area contributed by atoms with Gasteiger partial charge in [-0.3, -0.25) is 19.6 Å². The molecule has 39 heavy (non-hydrogen) atoms. The largest absolute Gasteiger partial charge is 0.507 e. The fourth-order valence-corrected chi connectivity index (χ4v) is 4.76. The lowest BCUT2D eigenvalue weighted by molar-refractivity contribution is -0.384. The van der Waals surface area contributed by atoms with Crippen LogP contribution in [0.25, 0.3) is 0 Å². The molecule has 4 rings (SSSR count). The maximum atomic E-state index is 12.7. The second kappa shape index (κ2) is 11.1. The molecule has 0 aliphatic rings.